The first-order chi connectivity index (χ1) is 7.69. The first-order valence-electron chi connectivity index (χ1n) is 5.59. The molecule has 16 heavy (non-hydrogen) atoms. The lowest BCUT2D eigenvalue weighted by Crippen LogP contribution is -2.25. The quantitative estimate of drug-likeness (QED) is 0.656. The van der Waals surface area contributed by atoms with E-state index in [2.05, 4.69) is 10.4 Å². The van der Waals surface area contributed by atoms with E-state index in [9.17, 15) is 5.11 Å². The van der Waals surface area contributed by atoms with Crippen LogP contribution in [0.25, 0.3) is 0 Å². The molecule has 1 aromatic rings. The third-order valence-electron chi connectivity index (χ3n) is 2.45. The average molecular weight is 227 g/mol. The molecule has 2 N–H and O–H groups in total. The third kappa shape index (κ3) is 3.59. The van der Waals surface area contributed by atoms with Crippen molar-refractivity contribution in [3.63, 3.8) is 0 Å². The van der Waals surface area contributed by atoms with Gasteiger partial charge < -0.3 is 15.2 Å². The summed E-state index contributed by atoms with van der Waals surface area (Å²) in [6.07, 6.45) is 2.22. The average Bonchev–Trinajstić information content (AvgIpc) is 2.65. The predicted molar refractivity (Wildman–Crippen MR) is 62.3 cm³/mol. The number of ether oxygens (including phenoxy) is 1. The number of nitrogens with zero attached hydrogens (tertiary/aromatic N) is 2. The van der Waals surface area contributed by atoms with Gasteiger partial charge in [-0.15, -0.1) is 0 Å². The van der Waals surface area contributed by atoms with Gasteiger partial charge in [0.1, 0.15) is 0 Å². The Balaban J connectivity index is 2.48. The van der Waals surface area contributed by atoms with Gasteiger partial charge >= 0.3 is 0 Å². The van der Waals surface area contributed by atoms with E-state index in [4.69, 9.17) is 4.74 Å². The first-order valence-corrected chi connectivity index (χ1v) is 5.59. The van der Waals surface area contributed by atoms with Gasteiger partial charge in [-0.05, 0) is 6.42 Å². The zero-order valence-corrected chi connectivity index (χ0v) is 10.2. The number of aromatic nitrogens is 2. The van der Waals surface area contributed by atoms with Crippen molar-refractivity contribution in [1.82, 2.24) is 15.1 Å². The summed E-state index contributed by atoms with van der Waals surface area (Å²) in [5.74, 6) is 0. The largest absolute Gasteiger partial charge is 0.387 e. The second-order valence-corrected chi connectivity index (χ2v) is 3.77. The van der Waals surface area contributed by atoms with E-state index in [0.717, 1.165) is 24.2 Å². The van der Waals surface area contributed by atoms with Crippen LogP contribution in [0.15, 0.2) is 6.20 Å². The topological polar surface area (TPSA) is 59.3 Å². The Bertz CT molecular complexity index is 312. The number of hydrogen-bond donors (Lipinski definition) is 2. The summed E-state index contributed by atoms with van der Waals surface area (Å²) in [6.45, 7) is 3.97. The second kappa shape index (κ2) is 6.62. The van der Waals surface area contributed by atoms with Gasteiger partial charge in [-0.3, -0.25) is 4.68 Å². The molecule has 1 heterocycles. The molecule has 0 aliphatic heterocycles. The summed E-state index contributed by atoms with van der Waals surface area (Å²) < 4.78 is 6.66. The Morgan fingerprint density at radius 2 is 2.38 bits per heavy atom. The number of hydrogen-bond acceptors (Lipinski definition) is 4. The van der Waals surface area contributed by atoms with Gasteiger partial charge in [-0.1, -0.05) is 6.92 Å². The van der Waals surface area contributed by atoms with Crippen molar-refractivity contribution >= 4 is 0 Å². The normalized spacial score (nSPS) is 13.0. The van der Waals surface area contributed by atoms with Crippen LogP contribution in [0.3, 0.4) is 0 Å². The van der Waals surface area contributed by atoms with Crippen molar-refractivity contribution in [2.45, 2.75) is 19.4 Å². The van der Waals surface area contributed by atoms with Gasteiger partial charge in [0.2, 0.25) is 0 Å². The molecule has 0 aromatic carbocycles. The summed E-state index contributed by atoms with van der Waals surface area (Å²) in [5.41, 5.74) is 1.87. The van der Waals surface area contributed by atoms with Crippen molar-refractivity contribution in [3.8, 4) is 0 Å². The van der Waals surface area contributed by atoms with Crippen molar-refractivity contribution in [2.75, 3.05) is 26.8 Å². The summed E-state index contributed by atoms with van der Waals surface area (Å²) in [4.78, 5) is 0. The van der Waals surface area contributed by atoms with E-state index in [1.165, 1.54) is 0 Å². The fourth-order valence-electron chi connectivity index (χ4n) is 1.63. The van der Waals surface area contributed by atoms with Crippen LogP contribution in [-0.4, -0.2) is 41.7 Å². The van der Waals surface area contributed by atoms with Crippen molar-refractivity contribution < 1.29 is 9.84 Å². The number of aryl methyl sites for hydroxylation is 2. The van der Waals surface area contributed by atoms with Crippen LogP contribution in [0.1, 0.15) is 24.3 Å². The van der Waals surface area contributed by atoms with Crippen LogP contribution in [0.2, 0.25) is 0 Å². The van der Waals surface area contributed by atoms with Crippen molar-refractivity contribution in [1.29, 1.82) is 0 Å². The van der Waals surface area contributed by atoms with Gasteiger partial charge in [0.15, 0.2) is 0 Å². The molecule has 1 aromatic heterocycles. The monoisotopic (exact) mass is 227 g/mol. The lowest BCUT2D eigenvalue weighted by Gasteiger charge is -2.11. The standard InChI is InChI=1S/C11H21N3O2/c1-4-10-9(8-14(2)13-10)11(15)7-12-5-6-16-3/h8,11-12,15H,4-7H2,1-3H3. The molecule has 0 bridgehead atoms. The summed E-state index contributed by atoms with van der Waals surface area (Å²) >= 11 is 0. The smallest absolute Gasteiger partial charge is 0.0947 e. The highest BCUT2D eigenvalue weighted by molar-refractivity contribution is 5.20. The molecule has 0 aliphatic rings. The van der Waals surface area contributed by atoms with E-state index in [0.29, 0.717) is 13.2 Å². The summed E-state index contributed by atoms with van der Waals surface area (Å²) in [6, 6.07) is 0. The van der Waals surface area contributed by atoms with Gasteiger partial charge in [-0.25, -0.2) is 0 Å². The lowest BCUT2D eigenvalue weighted by atomic mass is 10.1. The van der Waals surface area contributed by atoms with E-state index in [-0.39, 0.29) is 0 Å². The summed E-state index contributed by atoms with van der Waals surface area (Å²) in [5, 5.41) is 17.4. The van der Waals surface area contributed by atoms with Crippen molar-refractivity contribution in [3.05, 3.63) is 17.5 Å². The maximum absolute atomic E-state index is 9.99. The van der Waals surface area contributed by atoms with Crippen LogP contribution >= 0.6 is 0 Å². The minimum absolute atomic E-state index is 0.500. The zero-order chi connectivity index (χ0) is 12.0. The maximum Gasteiger partial charge on any atom is 0.0947 e. The molecule has 0 saturated heterocycles. The van der Waals surface area contributed by atoms with E-state index in [1.807, 2.05) is 20.2 Å². The molecule has 0 amide bonds. The molecule has 1 unspecified atom stereocenters. The predicted octanol–water partition coefficient (Wildman–Crippen LogP) is 0.252. The van der Waals surface area contributed by atoms with E-state index in [1.54, 1.807) is 11.8 Å². The van der Waals surface area contributed by atoms with Crippen LogP contribution in [0, 0.1) is 0 Å². The first kappa shape index (κ1) is 13.2. The molecular weight excluding hydrogens is 206 g/mol. The Kier molecular flexibility index (Phi) is 5.45. The molecule has 1 atom stereocenters. The number of nitrogens with one attached hydrogen (secondary N) is 1. The number of rotatable bonds is 7. The molecular formula is C11H21N3O2. The third-order valence-corrected chi connectivity index (χ3v) is 2.45. The SMILES string of the molecule is CCc1nn(C)cc1C(O)CNCCOC. The number of aliphatic hydroxyl groups excluding tert-OH is 1. The molecule has 1 rings (SSSR count). The Morgan fingerprint density at radius 3 is 3.00 bits per heavy atom. The molecule has 0 fully saturated rings. The fourth-order valence-corrected chi connectivity index (χ4v) is 1.63. The molecule has 0 spiro atoms. The molecule has 0 saturated carbocycles. The lowest BCUT2D eigenvalue weighted by molar-refractivity contribution is 0.161. The van der Waals surface area contributed by atoms with Gasteiger partial charge in [0.05, 0.1) is 18.4 Å². The molecule has 92 valence electrons. The molecule has 5 nitrogen and oxygen atoms in total. The minimum Gasteiger partial charge on any atom is -0.387 e. The molecule has 5 heteroatoms. The summed E-state index contributed by atoms with van der Waals surface area (Å²) in [7, 11) is 3.53. The van der Waals surface area contributed by atoms with Crippen LogP contribution in [0.4, 0.5) is 0 Å². The molecule has 0 radical (unpaired) electrons. The Hall–Kier alpha value is -0.910. The van der Waals surface area contributed by atoms with E-state index < -0.39 is 6.10 Å². The Morgan fingerprint density at radius 1 is 1.62 bits per heavy atom. The van der Waals surface area contributed by atoms with Crippen LogP contribution in [0.5, 0.6) is 0 Å². The van der Waals surface area contributed by atoms with Crippen LogP contribution in [-0.2, 0) is 18.2 Å². The highest BCUT2D eigenvalue weighted by atomic mass is 16.5. The van der Waals surface area contributed by atoms with E-state index >= 15 is 0 Å². The van der Waals surface area contributed by atoms with Crippen molar-refractivity contribution in [2.24, 2.45) is 7.05 Å². The zero-order valence-electron chi connectivity index (χ0n) is 10.2. The Labute approximate surface area is 96.4 Å². The second-order valence-electron chi connectivity index (χ2n) is 3.77. The van der Waals surface area contributed by atoms with Crippen LogP contribution < -0.4 is 5.32 Å². The number of aliphatic hydroxyl groups is 1. The fraction of sp³-hybridized carbons (Fsp3) is 0.727. The molecule has 0 aliphatic carbocycles. The van der Waals surface area contributed by atoms with Gasteiger partial charge in [0, 0.05) is 39.0 Å². The highest BCUT2D eigenvalue weighted by Crippen LogP contribution is 2.16. The van der Waals surface area contributed by atoms with Gasteiger partial charge in [0.25, 0.3) is 0 Å². The highest BCUT2D eigenvalue weighted by Gasteiger charge is 2.14. The minimum atomic E-state index is -0.500. The maximum atomic E-state index is 9.99. The van der Waals surface area contributed by atoms with Gasteiger partial charge in [-0.2, -0.15) is 5.10 Å². The number of methoxy groups -OCH3 is 1.